The van der Waals surface area contributed by atoms with Gasteiger partial charge in [-0.3, -0.25) is 4.79 Å². The molecule has 2 aromatic rings. The second-order valence-corrected chi connectivity index (χ2v) is 11.0. The van der Waals surface area contributed by atoms with Crippen molar-refractivity contribution < 1.29 is 13.2 Å². The number of carbonyl (C=O) groups is 1. The van der Waals surface area contributed by atoms with Crippen molar-refractivity contribution in [2.24, 2.45) is 5.92 Å². The minimum absolute atomic E-state index is 0.0238. The lowest BCUT2D eigenvalue weighted by Gasteiger charge is -2.30. The Morgan fingerprint density at radius 1 is 1.06 bits per heavy atom. The number of piperidine rings is 1. The number of benzene rings is 2. The largest absolute Gasteiger partial charge is 0.371 e. The Morgan fingerprint density at radius 3 is 2.38 bits per heavy atom. The molecule has 0 saturated carbocycles. The average molecular weight is 456 g/mol. The lowest BCUT2D eigenvalue weighted by Crippen LogP contribution is -2.41. The molecule has 6 nitrogen and oxygen atoms in total. The third-order valence-electron chi connectivity index (χ3n) is 6.74. The van der Waals surface area contributed by atoms with Crippen LogP contribution in [0.3, 0.4) is 0 Å². The van der Waals surface area contributed by atoms with E-state index in [1.807, 2.05) is 18.2 Å². The van der Waals surface area contributed by atoms with Crippen LogP contribution in [0.2, 0.25) is 0 Å². The van der Waals surface area contributed by atoms with E-state index in [4.69, 9.17) is 0 Å². The summed E-state index contributed by atoms with van der Waals surface area (Å²) in [4.78, 5) is 15.5. The minimum Gasteiger partial charge on any atom is -0.371 e. The zero-order chi connectivity index (χ0) is 22.9. The molecule has 172 valence electrons. The summed E-state index contributed by atoms with van der Waals surface area (Å²) in [7, 11) is -3.53. The van der Waals surface area contributed by atoms with Crippen LogP contribution in [0.1, 0.15) is 50.7 Å². The number of nitrogens with one attached hydrogen (secondary N) is 1. The minimum atomic E-state index is -3.53. The Bertz CT molecular complexity index is 1070. The zero-order valence-corrected chi connectivity index (χ0v) is 20.0. The summed E-state index contributed by atoms with van der Waals surface area (Å²) < 4.78 is 27.6. The van der Waals surface area contributed by atoms with E-state index in [2.05, 4.69) is 43.1 Å². The molecule has 0 unspecified atom stereocenters. The molecule has 1 N–H and O–H groups in total. The normalized spacial score (nSPS) is 17.6. The van der Waals surface area contributed by atoms with E-state index in [1.54, 1.807) is 12.1 Å². The standard InChI is InChI=1S/C25H33N3O3S/c1-4-27-14-11-20-5-8-22(17-24(20)27)26-25(29)21-12-15-28(16-13-21)32(30,31)23-9-6-19(7-10-23)18(2)3/h5-10,17-18,21H,4,11-16H2,1-3H3,(H,26,29). The maximum atomic E-state index is 13.0. The van der Waals surface area contributed by atoms with Gasteiger partial charge in [0.25, 0.3) is 0 Å². The first-order valence-electron chi connectivity index (χ1n) is 11.6. The van der Waals surface area contributed by atoms with Crippen molar-refractivity contribution in [2.75, 3.05) is 36.4 Å². The molecular weight excluding hydrogens is 422 g/mol. The number of sulfonamides is 1. The van der Waals surface area contributed by atoms with Crippen LogP contribution in [-0.2, 0) is 21.2 Å². The van der Waals surface area contributed by atoms with Crippen LogP contribution in [0.15, 0.2) is 47.4 Å². The molecule has 2 aliphatic heterocycles. The first kappa shape index (κ1) is 22.8. The highest BCUT2D eigenvalue weighted by Gasteiger charge is 2.32. The average Bonchev–Trinajstić information content (AvgIpc) is 3.21. The lowest BCUT2D eigenvalue weighted by molar-refractivity contribution is -0.120. The van der Waals surface area contributed by atoms with Gasteiger partial charge in [0.2, 0.25) is 15.9 Å². The fraction of sp³-hybridized carbons (Fsp3) is 0.480. The Kier molecular flexibility index (Phi) is 6.58. The predicted molar refractivity (Wildman–Crippen MR) is 129 cm³/mol. The molecule has 0 aliphatic carbocycles. The quantitative estimate of drug-likeness (QED) is 0.708. The van der Waals surface area contributed by atoms with E-state index in [0.717, 1.165) is 30.8 Å². The highest BCUT2D eigenvalue weighted by molar-refractivity contribution is 7.89. The summed E-state index contributed by atoms with van der Waals surface area (Å²) in [6.07, 6.45) is 2.10. The highest BCUT2D eigenvalue weighted by Crippen LogP contribution is 2.31. The monoisotopic (exact) mass is 455 g/mol. The molecule has 1 saturated heterocycles. The van der Waals surface area contributed by atoms with E-state index in [-0.39, 0.29) is 11.8 Å². The number of likely N-dealkylation sites (N-methyl/N-ethyl adjacent to an activating group) is 1. The number of nitrogens with zero attached hydrogens (tertiary/aromatic N) is 2. The maximum Gasteiger partial charge on any atom is 0.243 e. The number of anilines is 2. The third kappa shape index (κ3) is 4.55. The van der Waals surface area contributed by atoms with Gasteiger partial charge in [-0.25, -0.2) is 8.42 Å². The molecular formula is C25H33N3O3S. The van der Waals surface area contributed by atoms with Gasteiger partial charge in [-0.1, -0.05) is 32.0 Å². The molecule has 1 fully saturated rings. The zero-order valence-electron chi connectivity index (χ0n) is 19.2. The van der Waals surface area contributed by atoms with Gasteiger partial charge < -0.3 is 10.2 Å². The Labute approximate surface area is 191 Å². The van der Waals surface area contributed by atoms with Gasteiger partial charge in [-0.2, -0.15) is 4.31 Å². The molecule has 2 aliphatic rings. The second-order valence-electron chi connectivity index (χ2n) is 9.06. The third-order valence-corrected chi connectivity index (χ3v) is 8.65. The number of amides is 1. The van der Waals surface area contributed by atoms with Gasteiger partial charge in [0.15, 0.2) is 0 Å². The van der Waals surface area contributed by atoms with Gasteiger partial charge in [-0.05, 0) is 67.5 Å². The van der Waals surface area contributed by atoms with Crippen molar-refractivity contribution in [2.45, 2.75) is 50.8 Å². The van der Waals surface area contributed by atoms with E-state index in [0.29, 0.717) is 36.7 Å². The summed E-state index contributed by atoms with van der Waals surface area (Å²) in [5.74, 6) is 0.154. The second kappa shape index (κ2) is 9.24. The van der Waals surface area contributed by atoms with Crippen molar-refractivity contribution in [3.05, 3.63) is 53.6 Å². The molecule has 0 spiro atoms. The van der Waals surface area contributed by atoms with E-state index < -0.39 is 10.0 Å². The first-order chi connectivity index (χ1) is 15.3. The number of rotatable bonds is 6. The number of hydrogen-bond donors (Lipinski definition) is 1. The molecule has 2 heterocycles. The molecule has 0 radical (unpaired) electrons. The van der Waals surface area contributed by atoms with Crippen LogP contribution < -0.4 is 10.2 Å². The molecule has 2 aromatic carbocycles. The maximum absolute atomic E-state index is 13.0. The Balaban J connectivity index is 1.37. The van der Waals surface area contributed by atoms with Gasteiger partial charge in [0, 0.05) is 43.5 Å². The topological polar surface area (TPSA) is 69.7 Å². The molecule has 7 heteroatoms. The van der Waals surface area contributed by atoms with Gasteiger partial charge in [0.05, 0.1) is 4.90 Å². The van der Waals surface area contributed by atoms with Crippen LogP contribution >= 0.6 is 0 Å². The molecule has 0 atom stereocenters. The first-order valence-corrected chi connectivity index (χ1v) is 13.0. The SMILES string of the molecule is CCN1CCc2ccc(NC(=O)C3CCN(S(=O)(=O)c4ccc(C(C)C)cc4)CC3)cc21. The van der Waals surface area contributed by atoms with E-state index >= 15 is 0 Å². The fourth-order valence-electron chi connectivity index (χ4n) is 4.63. The van der Waals surface area contributed by atoms with E-state index in [9.17, 15) is 13.2 Å². The van der Waals surface area contributed by atoms with Crippen LogP contribution in [0.5, 0.6) is 0 Å². The van der Waals surface area contributed by atoms with Crippen molar-refractivity contribution in [1.29, 1.82) is 0 Å². The summed E-state index contributed by atoms with van der Waals surface area (Å²) in [6, 6.07) is 13.3. The molecule has 0 bridgehead atoms. The van der Waals surface area contributed by atoms with Crippen LogP contribution in [0, 0.1) is 5.92 Å². The van der Waals surface area contributed by atoms with Crippen molar-refractivity contribution in [3.8, 4) is 0 Å². The van der Waals surface area contributed by atoms with Crippen molar-refractivity contribution in [1.82, 2.24) is 4.31 Å². The Morgan fingerprint density at radius 2 is 1.75 bits per heavy atom. The van der Waals surface area contributed by atoms with Crippen molar-refractivity contribution in [3.63, 3.8) is 0 Å². The van der Waals surface area contributed by atoms with Crippen LogP contribution in [-0.4, -0.2) is 44.8 Å². The van der Waals surface area contributed by atoms with Gasteiger partial charge in [-0.15, -0.1) is 0 Å². The summed E-state index contributed by atoms with van der Waals surface area (Å²) in [6.45, 7) is 9.01. The smallest absolute Gasteiger partial charge is 0.243 e. The molecule has 32 heavy (non-hydrogen) atoms. The van der Waals surface area contributed by atoms with Gasteiger partial charge in [0.1, 0.15) is 0 Å². The molecule has 0 aromatic heterocycles. The predicted octanol–water partition coefficient (Wildman–Crippen LogP) is 4.23. The summed E-state index contributed by atoms with van der Waals surface area (Å²) in [5, 5.41) is 3.05. The number of fused-ring (bicyclic) bond motifs is 1. The van der Waals surface area contributed by atoms with Crippen LogP contribution in [0.4, 0.5) is 11.4 Å². The highest BCUT2D eigenvalue weighted by atomic mass is 32.2. The molecule has 4 rings (SSSR count). The summed E-state index contributed by atoms with van der Waals surface area (Å²) >= 11 is 0. The number of hydrogen-bond acceptors (Lipinski definition) is 4. The number of carbonyl (C=O) groups excluding carboxylic acids is 1. The van der Waals surface area contributed by atoms with Gasteiger partial charge >= 0.3 is 0 Å². The van der Waals surface area contributed by atoms with E-state index in [1.165, 1.54) is 15.6 Å². The molecule has 1 amide bonds. The lowest BCUT2D eigenvalue weighted by atomic mass is 9.97. The summed E-state index contributed by atoms with van der Waals surface area (Å²) in [5.41, 5.74) is 4.46. The fourth-order valence-corrected chi connectivity index (χ4v) is 6.10. The Hall–Kier alpha value is -2.38. The van der Waals surface area contributed by atoms with Crippen molar-refractivity contribution >= 4 is 27.3 Å². The van der Waals surface area contributed by atoms with Crippen LogP contribution in [0.25, 0.3) is 0 Å².